The average Bonchev–Trinajstić information content (AvgIpc) is 3.22. The lowest BCUT2D eigenvalue weighted by Gasteiger charge is -2.21. The molecule has 1 aliphatic carbocycles. The summed E-state index contributed by atoms with van der Waals surface area (Å²) >= 11 is 6.01. The first-order valence-corrected chi connectivity index (χ1v) is 13.0. The van der Waals surface area contributed by atoms with E-state index < -0.39 is 44.3 Å². The number of rotatable bonds is 6. The SMILES string of the molecule is Cc1cccc(-c2cc(Cl)c(F)c(C(=O)NNS(=O)(=O)C3CCC(NC(=O)OC(C)(C)C)C3)c2)c1. The van der Waals surface area contributed by atoms with Crippen molar-refractivity contribution < 1.29 is 27.1 Å². The molecule has 2 aromatic rings. The first kappa shape index (κ1) is 26.9. The van der Waals surface area contributed by atoms with Crippen molar-refractivity contribution in [2.45, 2.75) is 63.9 Å². The minimum Gasteiger partial charge on any atom is -0.444 e. The monoisotopic (exact) mass is 525 g/mol. The molecule has 0 spiro atoms. The second kappa shape index (κ2) is 10.5. The number of aryl methyl sites for hydroxylation is 1. The highest BCUT2D eigenvalue weighted by atomic mass is 35.5. The predicted molar refractivity (Wildman–Crippen MR) is 132 cm³/mol. The minimum absolute atomic E-state index is 0.146. The normalized spacial score (nSPS) is 18.2. The number of hydrazine groups is 1. The van der Waals surface area contributed by atoms with Crippen molar-refractivity contribution in [3.05, 3.63) is 58.4 Å². The van der Waals surface area contributed by atoms with Gasteiger partial charge in [-0.1, -0.05) is 41.4 Å². The number of amides is 2. The van der Waals surface area contributed by atoms with Crippen molar-refractivity contribution in [3.8, 4) is 11.1 Å². The molecule has 0 aliphatic heterocycles. The van der Waals surface area contributed by atoms with Crippen molar-refractivity contribution >= 4 is 33.6 Å². The lowest BCUT2D eigenvalue weighted by Crippen LogP contribution is -2.46. The van der Waals surface area contributed by atoms with Gasteiger partial charge in [-0.3, -0.25) is 10.2 Å². The Hall–Kier alpha value is -2.69. The van der Waals surface area contributed by atoms with Crippen LogP contribution in [0.5, 0.6) is 0 Å². The maximum Gasteiger partial charge on any atom is 0.407 e. The quantitative estimate of drug-likeness (QED) is 0.482. The van der Waals surface area contributed by atoms with Crippen LogP contribution in [0.25, 0.3) is 11.1 Å². The molecule has 8 nitrogen and oxygen atoms in total. The number of benzene rings is 2. The van der Waals surface area contributed by atoms with Gasteiger partial charge in [0.05, 0.1) is 15.8 Å². The molecule has 2 atom stereocenters. The summed E-state index contributed by atoms with van der Waals surface area (Å²) in [6.07, 6.45) is 0.228. The zero-order valence-electron chi connectivity index (χ0n) is 19.9. The first-order valence-electron chi connectivity index (χ1n) is 11.1. The summed E-state index contributed by atoms with van der Waals surface area (Å²) in [6, 6.07) is 9.71. The van der Waals surface area contributed by atoms with Crippen LogP contribution in [0.4, 0.5) is 9.18 Å². The van der Waals surface area contributed by atoms with Gasteiger partial charge in [0.15, 0.2) is 5.82 Å². The van der Waals surface area contributed by atoms with E-state index >= 15 is 0 Å². The molecule has 3 rings (SSSR count). The summed E-state index contributed by atoms with van der Waals surface area (Å²) in [6.45, 7) is 7.09. The van der Waals surface area contributed by atoms with Crippen LogP contribution in [0.1, 0.15) is 56.0 Å². The third kappa shape index (κ3) is 7.16. The number of ether oxygens (including phenoxy) is 1. The second-order valence-electron chi connectivity index (χ2n) is 9.57. The molecule has 0 radical (unpaired) electrons. The van der Waals surface area contributed by atoms with Gasteiger partial charge < -0.3 is 10.1 Å². The molecule has 0 bridgehead atoms. The summed E-state index contributed by atoms with van der Waals surface area (Å²) in [4.78, 5) is 26.7. The van der Waals surface area contributed by atoms with E-state index in [1.54, 1.807) is 26.8 Å². The predicted octanol–water partition coefficient (Wildman–Crippen LogP) is 4.46. The summed E-state index contributed by atoms with van der Waals surface area (Å²) < 4.78 is 45.2. The van der Waals surface area contributed by atoms with E-state index in [4.69, 9.17) is 16.3 Å². The van der Waals surface area contributed by atoms with E-state index in [-0.39, 0.29) is 23.9 Å². The lowest BCUT2D eigenvalue weighted by molar-refractivity contribution is 0.0505. The summed E-state index contributed by atoms with van der Waals surface area (Å²) in [5, 5.41) is 1.55. The number of hydrogen-bond donors (Lipinski definition) is 3. The number of nitrogens with one attached hydrogen (secondary N) is 3. The van der Waals surface area contributed by atoms with Crippen molar-refractivity contribution in [2.24, 2.45) is 0 Å². The smallest absolute Gasteiger partial charge is 0.407 e. The van der Waals surface area contributed by atoms with Gasteiger partial charge in [0.25, 0.3) is 5.91 Å². The Labute approximate surface area is 209 Å². The summed E-state index contributed by atoms with van der Waals surface area (Å²) in [5.41, 5.74) is 3.22. The second-order valence-corrected chi connectivity index (χ2v) is 11.9. The molecule has 0 aromatic heterocycles. The molecule has 1 aliphatic rings. The Morgan fingerprint density at radius 1 is 1.11 bits per heavy atom. The fourth-order valence-corrected chi connectivity index (χ4v) is 5.39. The zero-order valence-corrected chi connectivity index (χ0v) is 21.5. The van der Waals surface area contributed by atoms with E-state index in [1.807, 2.05) is 30.0 Å². The molecule has 2 amide bonds. The van der Waals surface area contributed by atoms with Crippen molar-refractivity contribution in [1.82, 2.24) is 15.6 Å². The van der Waals surface area contributed by atoms with Gasteiger partial charge >= 0.3 is 6.09 Å². The summed E-state index contributed by atoms with van der Waals surface area (Å²) in [5.74, 6) is -1.94. The topological polar surface area (TPSA) is 114 Å². The molecule has 1 fully saturated rings. The average molecular weight is 526 g/mol. The van der Waals surface area contributed by atoms with Crippen LogP contribution in [0.2, 0.25) is 5.02 Å². The maximum absolute atomic E-state index is 14.6. The van der Waals surface area contributed by atoms with E-state index in [9.17, 15) is 22.4 Å². The fourth-order valence-electron chi connectivity index (χ4n) is 3.84. The van der Waals surface area contributed by atoms with Gasteiger partial charge in [-0.2, -0.15) is 0 Å². The number of hydrogen-bond acceptors (Lipinski definition) is 5. The van der Waals surface area contributed by atoms with Gasteiger partial charge in [0.2, 0.25) is 10.0 Å². The third-order valence-electron chi connectivity index (χ3n) is 5.48. The van der Waals surface area contributed by atoms with E-state index in [2.05, 4.69) is 10.7 Å². The number of carbonyl (C=O) groups is 2. The van der Waals surface area contributed by atoms with E-state index in [0.29, 0.717) is 12.0 Å². The minimum atomic E-state index is -3.99. The highest BCUT2D eigenvalue weighted by Gasteiger charge is 2.36. The van der Waals surface area contributed by atoms with Gasteiger partial charge in [0.1, 0.15) is 5.60 Å². The molecule has 0 saturated heterocycles. The summed E-state index contributed by atoms with van der Waals surface area (Å²) in [7, 11) is -3.99. The van der Waals surface area contributed by atoms with Crippen molar-refractivity contribution in [1.29, 1.82) is 0 Å². The van der Waals surface area contributed by atoms with E-state index in [1.165, 1.54) is 12.1 Å². The largest absolute Gasteiger partial charge is 0.444 e. The molecule has 1 saturated carbocycles. The lowest BCUT2D eigenvalue weighted by atomic mass is 10.0. The van der Waals surface area contributed by atoms with Crippen LogP contribution < -0.4 is 15.6 Å². The van der Waals surface area contributed by atoms with Gasteiger partial charge in [-0.25, -0.2) is 17.6 Å². The Balaban J connectivity index is 1.65. The molecule has 190 valence electrons. The Bertz CT molecular complexity index is 1230. The molecule has 0 heterocycles. The highest BCUT2D eigenvalue weighted by molar-refractivity contribution is 7.90. The molecule has 35 heavy (non-hydrogen) atoms. The van der Waals surface area contributed by atoms with Crippen LogP contribution in [0, 0.1) is 12.7 Å². The van der Waals surface area contributed by atoms with Crippen LogP contribution in [0.15, 0.2) is 36.4 Å². The van der Waals surface area contributed by atoms with Crippen molar-refractivity contribution in [3.63, 3.8) is 0 Å². The molecular weight excluding hydrogens is 497 g/mol. The number of halogens is 2. The van der Waals surface area contributed by atoms with Gasteiger partial charge in [-0.15, -0.1) is 4.83 Å². The molecule has 11 heteroatoms. The number of alkyl carbamates (subject to hydrolysis) is 1. The number of carbonyl (C=O) groups excluding carboxylic acids is 2. The van der Waals surface area contributed by atoms with Gasteiger partial charge in [0, 0.05) is 6.04 Å². The van der Waals surface area contributed by atoms with Gasteiger partial charge in [-0.05, 0) is 70.2 Å². The van der Waals surface area contributed by atoms with Crippen LogP contribution in [0.3, 0.4) is 0 Å². The third-order valence-corrected chi connectivity index (χ3v) is 7.44. The zero-order chi connectivity index (χ0) is 26.0. The van der Waals surface area contributed by atoms with Crippen LogP contribution >= 0.6 is 11.6 Å². The maximum atomic E-state index is 14.6. The van der Waals surface area contributed by atoms with Crippen LogP contribution in [-0.2, 0) is 14.8 Å². The molecular formula is C24H29ClFN3O5S. The molecule has 2 aromatic carbocycles. The van der Waals surface area contributed by atoms with Crippen LogP contribution in [-0.4, -0.2) is 37.3 Å². The van der Waals surface area contributed by atoms with E-state index in [0.717, 1.165) is 11.1 Å². The standard InChI is InChI=1S/C24H29ClFN3O5S/c1-14-6-5-7-15(10-14)16-11-19(21(26)20(25)12-16)22(30)28-29-35(32,33)18-9-8-17(13-18)27-23(31)34-24(2,3)4/h5-7,10-12,17-18,29H,8-9,13H2,1-4H3,(H,27,31)(H,28,30). The Morgan fingerprint density at radius 2 is 1.83 bits per heavy atom. The molecule has 2 unspecified atom stereocenters. The highest BCUT2D eigenvalue weighted by Crippen LogP contribution is 2.29. The Morgan fingerprint density at radius 3 is 2.49 bits per heavy atom. The molecule has 3 N–H and O–H groups in total. The Kier molecular flexibility index (Phi) is 8.08. The first-order chi connectivity index (χ1) is 16.2. The van der Waals surface area contributed by atoms with Crippen molar-refractivity contribution in [2.75, 3.05) is 0 Å². The fraction of sp³-hybridized carbons (Fsp3) is 0.417. The number of sulfonamides is 1.